The fraction of sp³-hybridized carbons (Fsp3) is 0.500. The van der Waals surface area contributed by atoms with Gasteiger partial charge in [-0.15, -0.1) is 11.3 Å². The fourth-order valence-electron chi connectivity index (χ4n) is 1.69. The van der Waals surface area contributed by atoms with Crippen molar-refractivity contribution in [2.24, 2.45) is 4.99 Å². The van der Waals surface area contributed by atoms with Crippen molar-refractivity contribution in [3.8, 4) is 0 Å². The van der Waals surface area contributed by atoms with Crippen molar-refractivity contribution in [2.75, 3.05) is 19.8 Å². The van der Waals surface area contributed by atoms with E-state index >= 15 is 0 Å². The molecular weight excluding hydrogens is 312 g/mol. The fourth-order valence-corrected chi connectivity index (χ4v) is 5.02. The van der Waals surface area contributed by atoms with Crippen LogP contribution >= 0.6 is 22.9 Å². The van der Waals surface area contributed by atoms with E-state index in [9.17, 15) is 13.2 Å². The van der Waals surface area contributed by atoms with Crippen molar-refractivity contribution in [2.45, 2.75) is 17.3 Å². The highest BCUT2D eigenvalue weighted by atomic mass is 35.5. The normalized spacial score (nSPS) is 21.1. The van der Waals surface area contributed by atoms with Crippen LogP contribution < -0.4 is 0 Å². The SMILES string of the molecule is Cc1cc(S(=O)(=O)N2CCOCC2N=C=O)sc1Cl. The lowest BCUT2D eigenvalue weighted by Gasteiger charge is -2.30. The van der Waals surface area contributed by atoms with Crippen LogP contribution in [0.5, 0.6) is 0 Å². The molecule has 9 heteroatoms. The van der Waals surface area contributed by atoms with Crippen LogP contribution in [-0.2, 0) is 19.6 Å². The average molecular weight is 323 g/mol. The van der Waals surface area contributed by atoms with Crippen LogP contribution in [0, 0.1) is 6.92 Å². The molecule has 0 saturated carbocycles. The van der Waals surface area contributed by atoms with Crippen molar-refractivity contribution in [3.63, 3.8) is 0 Å². The predicted octanol–water partition coefficient (Wildman–Crippen LogP) is 1.39. The maximum atomic E-state index is 12.5. The molecule has 0 N–H and O–H groups in total. The highest BCUT2D eigenvalue weighted by molar-refractivity contribution is 7.91. The van der Waals surface area contributed by atoms with E-state index in [4.69, 9.17) is 16.3 Å². The molecule has 0 radical (unpaired) electrons. The topological polar surface area (TPSA) is 76.0 Å². The zero-order chi connectivity index (χ0) is 14.0. The van der Waals surface area contributed by atoms with E-state index in [1.54, 1.807) is 6.92 Å². The highest BCUT2D eigenvalue weighted by Gasteiger charge is 2.35. The summed E-state index contributed by atoms with van der Waals surface area (Å²) in [5, 5.41) is 0. The van der Waals surface area contributed by atoms with Gasteiger partial charge in [-0.1, -0.05) is 11.6 Å². The summed E-state index contributed by atoms with van der Waals surface area (Å²) in [5.74, 6) is 0. The number of halogens is 1. The number of aliphatic imine (C=N–C) groups is 1. The second-order valence-electron chi connectivity index (χ2n) is 3.91. The molecule has 0 amide bonds. The van der Waals surface area contributed by atoms with E-state index in [0.29, 0.717) is 9.90 Å². The monoisotopic (exact) mass is 322 g/mol. The molecule has 1 atom stereocenters. The van der Waals surface area contributed by atoms with Crippen LogP contribution in [0.2, 0.25) is 4.34 Å². The van der Waals surface area contributed by atoms with Crippen LogP contribution in [0.4, 0.5) is 0 Å². The number of aryl methyl sites for hydroxylation is 1. The first-order valence-electron chi connectivity index (χ1n) is 5.39. The number of rotatable bonds is 3. The molecule has 1 fully saturated rings. The molecule has 0 spiro atoms. The Labute approximate surface area is 119 Å². The smallest absolute Gasteiger partial charge is 0.254 e. The number of carbonyl (C=O) groups excluding carboxylic acids is 1. The summed E-state index contributed by atoms with van der Waals surface area (Å²) in [7, 11) is -3.72. The molecule has 1 aromatic rings. The number of hydrogen-bond acceptors (Lipinski definition) is 6. The van der Waals surface area contributed by atoms with Crippen LogP contribution in [0.1, 0.15) is 5.56 Å². The number of ether oxygens (including phenoxy) is 1. The first-order chi connectivity index (χ1) is 8.96. The summed E-state index contributed by atoms with van der Waals surface area (Å²) in [6, 6.07) is 1.51. The first-order valence-corrected chi connectivity index (χ1v) is 8.03. The Morgan fingerprint density at radius 3 is 2.95 bits per heavy atom. The average Bonchev–Trinajstić information content (AvgIpc) is 2.71. The number of morpholine rings is 1. The van der Waals surface area contributed by atoms with Crippen molar-refractivity contribution < 1.29 is 17.9 Å². The Kier molecular flexibility index (Phi) is 4.39. The molecule has 6 nitrogen and oxygen atoms in total. The molecule has 0 aliphatic carbocycles. The Balaban J connectivity index is 2.39. The van der Waals surface area contributed by atoms with Gasteiger partial charge < -0.3 is 4.74 Å². The van der Waals surface area contributed by atoms with Crippen molar-refractivity contribution in [3.05, 3.63) is 16.0 Å². The minimum atomic E-state index is -3.72. The number of hydrogen-bond donors (Lipinski definition) is 0. The summed E-state index contributed by atoms with van der Waals surface area (Å²) in [6.07, 6.45) is 0.510. The van der Waals surface area contributed by atoms with Gasteiger partial charge in [0, 0.05) is 6.54 Å². The van der Waals surface area contributed by atoms with Crippen molar-refractivity contribution in [1.29, 1.82) is 0 Å². The third-order valence-corrected chi connectivity index (χ3v) is 6.56. The molecule has 1 aromatic heterocycles. The van der Waals surface area contributed by atoms with Gasteiger partial charge in [0.15, 0.2) is 6.17 Å². The van der Waals surface area contributed by atoms with Crippen LogP contribution in [0.3, 0.4) is 0 Å². The molecule has 1 aliphatic heterocycles. The lowest BCUT2D eigenvalue weighted by Crippen LogP contribution is -2.47. The maximum Gasteiger partial charge on any atom is 0.254 e. The largest absolute Gasteiger partial charge is 0.376 e. The standard InChI is InChI=1S/C10H11ClN2O4S2/c1-7-4-9(18-10(7)11)19(15,16)13-2-3-17-5-8(13)12-6-14/h4,8H,2-3,5H2,1H3. The third-order valence-electron chi connectivity index (χ3n) is 2.65. The lowest BCUT2D eigenvalue weighted by atomic mass is 10.4. The van der Waals surface area contributed by atoms with E-state index in [2.05, 4.69) is 4.99 Å². The summed E-state index contributed by atoms with van der Waals surface area (Å²) in [6.45, 7) is 2.19. The van der Waals surface area contributed by atoms with Crippen LogP contribution in [-0.4, -0.2) is 44.7 Å². The molecule has 0 bridgehead atoms. The highest BCUT2D eigenvalue weighted by Crippen LogP contribution is 2.33. The van der Waals surface area contributed by atoms with Crippen molar-refractivity contribution >= 4 is 39.0 Å². The molecule has 104 valence electrons. The van der Waals surface area contributed by atoms with Gasteiger partial charge in [0.05, 0.1) is 17.6 Å². The zero-order valence-electron chi connectivity index (χ0n) is 10.00. The van der Waals surface area contributed by atoms with Gasteiger partial charge in [-0.3, -0.25) is 0 Å². The molecule has 19 heavy (non-hydrogen) atoms. The molecule has 1 aliphatic rings. The predicted molar refractivity (Wildman–Crippen MR) is 70.7 cm³/mol. The van der Waals surface area contributed by atoms with Gasteiger partial charge in [0.1, 0.15) is 4.21 Å². The zero-order valence-corrected chi connectivity index (χ0v) is 12.4. The summed E-state index contributed by atoms with van der Waals surface area (Å²) in [4.78, 5) is 13.8. The van der Waals surface area contributed by atoms with Crippen LogP contribution in [0.25, 0.3) is 0 Å². The first kappa shape index (κ1) is 14.6. The molecule has 0 aromatic carbocycles. The van der Waals surface area contributed by atoms with Crippen LogP contribution in [0.15, 0.2) is 15.3 Å². The van der Waals surface area contributed by atoms with Gasteiger partial charge in [-0.25, -0.2) is 13.2 Å². The minimum Gasteiger partial charge on any atom is -0.376 e. The summed E-state index contributed by atoms with van der Waals surface area (Å²) in [5.41, 5.74) is 0.703. The number of isocyanates is 1. The van der Waals surface area contributed by atoms with Gasteiger partial charge in [0.2, 0.25) is 6.08 Å². The van der Waals surface area contributed by atoms with E-state index in [-0.39, 0.29) is 24.0 Å². The molecule has 1 saturated heterocycles. The molecule has 1 unspecified atom stereocenters. The number of thiophene rings is 1. The van der Waals surface area contributed by atoms with E-state index in [1.165, 1.54) is 12.1 Å². The lowest BCUT2D eigenvalue weighted by molar-refractivity contribution is 0.0360. The molecule has 2 rings (SSSR count). The Morgan fingerprint density at radius 2 is 2.37 bits per heavy atom. The van der Waals surface area contributed by atoms with Crippen molar-refractivity contribution in [1.82, 2.24) is 4.31 Å². The molecular formula is C10H11ClN2O4S2. The van der Waals surface area contributed by atoms with Gasteiger partial charge in [0.25, 0.3) is 10.0 Å². The maximum absolute atomic E-state index is 12.5. The Bertz CT molecular complexity index is 602. The van der Waals surface area contributed by atoms with E-state index in [0.717, 1.165) is 15.6 Å². The summed E-state index contributed by atoms with van der Waals surface area (Å²) < 4.78 is 31.8. The van der Waals surface area contributed by atoms with E-state index in [1.807, 2.05) is 0 Å². The second-order valence-corrected chi connectivity index (χ2v) is 7.69. The van der Waals surface area contributed by atoms with Gasteiger partial charge in [-0.05, 0) is 18.6 Å². The van der Waals surface area contributed by atoms with Gasteiger partial charge in [-0.2, -0.15) is 9.30 Å². The minimum absolute atomic E-state index is 0.0482. The second kappa shape index (κ2) is 5.70. The van der Waals surface area contributed by atoms with Gasteiger partial charge >= 0.3 is 0 Å². The number of sulfonamides is 1. The third kappa shape index (κ3) is 2.89. The quantitative estimate of drug-likeness (QED) is 0.622. The molecule has 2 heterocycles. The summed E-state index contributed by atoms with van der Waals surface area (Å²) >= 11 is 6.89. The number of nitrogens with zero attached hydrogens (tertiary/aromatic N) is 2. The van der Waals surface area contributed by atoms with E-state index < -0.39 is 16.2 Å². The Hall–Kier alpha value is -0.760. The Morgan fingerprint density at radius 1 is 1.63 bits per heavy atom.